The van der Waals surface area contributed by atoms with Gasteiger partial charge in [0.1, 0.15) is 0 Å². The Labute approximate surface area is 109 Å². The van der Waals surface area contributed by atoms with E-state index in [0.717, 1.165) is 23.8 Å². The van der Waals surface area contributed by atoms with Gasteiger partial charge in [-0.2, -0.15) is 0 Å². The fraction of sp³-hybridized carbons (Fsp3) is 1.00. The van der Waals surface area contributed by atoms with E-state index in [9.17, 15) is 0 Å². The van der Waals surface area contributed by atoms with Crippen LogP contribution in [0.25, 0.3) is 0 Å². The first kappa shape index (κ1) is 15.0. The molecule has 1 nitrogen and oxygen atoms in total. The monoisotopic (exact) mass is 239 g/mol. The van der Waals surface area contributed by atoms with Gasteiger partial charge in [0.2, 0.25) is 0 Å². The second-order valence-electron chi connectivity index (χ2n) is 6.09. The van der Waals surface area contributed by atoms with Crippen molar-refractivity contribution >= 4 is 0 Å². The maximum absolute atomic E-state index is 3.84. The molecule has 0 spiro atoms. The van der Waals surface area contributed by atoms with E-state index >= 15 is 0 Å². The molecule has 4 unspecified atom stereocenters. The third kappa shape index (κ3) is 4.62. The Balaban J connectivity index is 2.50. The highest BCUT2D eigenvalue weighted by Crippen LogP contribution is 2.37. The molecule has 0 radical (unpaired) electrons. The van der Waals surface area contributed by atoms with E-state index in [1.165, 1.54) is 51.5 Å². The molecule has 1 saturated carbocycles. The molecule has 1 rings (SSSR count). The molecule has 1 heteroatoms. The summed E-state index contributed by atoms with van der Waals surface area (Å²) in [4.78, 5) is 0. The van der Waals surface area contributed by atoms with Gasteiger partial charge >= 0.3 is 0 Å². The van der Waals surface area contributed by atoms with E-state index < -0.39 is 0 Å². The average Bonchev–Trinajstić information content (AvgIpc) is 2.78. The van der Waals surface area contributed by atoms with Gasteiger partial charge in [-0.3, -0.25) is 0 Å². The summed E-state index contributed by atoms with van der Waals surface area (Å²) in [6.07, 6.45) is 9.78. The second kappa shape index (κ2) is 8.13. The Bertz CT molecular complexity index is 190. The summed E-state index contributed by atoms with van der Waals surface area (Å²) in [6.45, 7) is 10.6. The van der Waals surface area contributed by atoms with Crippen LogP contribution >= 0.6 is 0 Å². The van der Waals surface area contributed by atoms with E-state index in [4.69, 9.17) is 0 Å². The first-order chi connectivity index (χ1) is 8.22. The highest BCUT2D eigenvalue weighted by atomic mass is 14.9. The summed E-state index contributed by atoms with van der Waals surface area (Å²) in [7, 11) is 0. The van der Waals surface area contributed by atoms with Gasteiger partial charge in [-0.1, -0.05) is 47.0 Å². The summed E-state index contributed by atoms with van der Waals surface area (Å²) >= 11 is 0. The number of hydrogen-bond acceptors (Lipinski definition) is 1. The van der Waals surface area contributed by atoms with Crippen LogP contribution in [0.4, 0.5) is 0 Å². The van der Waals surface area contributed by atoms with E-state index in [-0.39, 0.29) is 0 Å². The van der Waals surface area contributed by atoms with E-state index in [1.54, 1.807) is 0 Å². The molecule has 1 fully saturated rings. The first-order valence-electron chi connectivity index (χ1n) is 7.96. The lowest BCUT2D eigenvalue weighted by Gasteiger charge is -2.30. The molecule has 17 heavy (non-hydrogen) atoms. The maximum atomic E-state index is 3.84. The van der Waals surface area contributed by atoms with Crippen LogP contribution in [0.15, 0.2) is 0 Å². The van der Waals surface area contributed by atoms with Crippen molar-refractivity contribution in [1.29, 1.82) is 0 Å². The molecule has 0 saturated heterocycles. The summed E-state index contributed by atoms with van der Waals surface area (Å²) in [5, 5.41) is 3.84. The standard InChI is InChI=1S/C16H33N/c1-5-8-13(4)16(17-11-6-2)15-10-9-14(7-3)12-15/h13-17H,5-12H2,1-4H3. The van der Waals surface area contributed by atoms with Crippen molar-refractivity contribution < 1.29 is 0 Å². The predicted octanol–water partition coefficient (Wildman–Crippen LogP) is 4.62. The summed E-state index contributed by atoms with van der Waals surface area (Å²) in [5.41, 5.74) is 0. The molecule has 102 valence electrons. The van der Waals surface area contributed by atoms with Gasteiger partial charge in [-0.25, -0.2) is 0 Å². The molecule has 0 amide bonds. The van der Waals surface area contributed by atoms with Crippen LogP contribution in [0.3, 0.4) is 0 Å². The Morgan fingerprint density at radius 1 is 1.12 bits per heavy atom. The zero-order valence-electron chi connectivity index (χ0n) is 12.5. The molecular weight excluding hydrogens is 206 g/mol. The highest BCUT2D eigenvalue weighted by molar-refractivity contribution is 4.87. The van der Waals surface area contributed by atoms with Gasteiger partial charge in [0.25, 0.3) is 0 Å². The normalized spacial score (nSPS) is 28.2. The van der Waals surface area contributed by atoms with Gasteiger partial charge < -0.3 is 5.32 Å². The lowest BCUT2D eigenvalue weighted by Crippen LogP contribution is -2.41. The van der Waals surface area contributed by atoms with Crippen molar-refractivity contribution in [3.8, 4) is 0 Å². The molecule has 1 aliphatic rings. The van der Waals surface area contributed by atoms with Crippen molar-refractivity contribution in [3.63, 3.8) is 0 Å². The Kier molecular flexibility index (Phi) is 7.18. The van der Waals surface area contributed by atoms with Crippen molar-refractivity contribution in [2.45, 2.75) is 78.7 Å². The predicted molar refractivity (Wildman–Crippen MR) is 77.3 cm³/mol. The molecule has 1 aliphatic carbocycles. The average molecular weight is 239 g/mol. The largest absolute Gasteiger partial charge is 0.313 e. The van der Waals surface area contributed by atoms with E-state index in [0.29, 0.717) is 0 Å². The van der Waals surface area contributed by atoms with Crippen LogP contribution in [0.2, 0.25) is 0 Å². The zero-order chi connectivity index (χ0) is 12.7. The fourth-order valence-electron chi connectivity index (χ4n) is 3.59. The van der Waals surface area contributed by atoms with Crippen LogP contribution in [-0.2, 0) is 0 Å². The van der Waals surface area contributed by atoms with Crippen LogP contribution < -0.4 is 5.32 Å². The molecule has 0 aliphatic heterocycles. The minimum Gasteiger partial charge on any atom is -0.313 e. The first-order valence-corrected chi connectivity index (χ1v) is 7.96. The summed E-state index contributed by atoms with van der Waals surface area (Å²) in [5.74, 6) is 2.82. The number of nitrogens with one attached hydrogen (secondary N) is 1. The third-order valence-corrected chi connectivity index (χ3v) is 4.65. The third-order valence-electron chi connectivity index (χ3n) is 4.65. The molecule has 0 aromatic rings. The lowest BCUT2D eigenvalue weighted by atomic mass is 9.85. The van der Waals surface area contributed by atoms with Gasteiger partial charge in [-0.05, 0) is 50.0 Å². The minimum absolute atomic E-state index is 0.784. The van der Waals surface area contributed by atoms with Crippen LogP contribution in [-0.4, -0.2) is 12.6 Å². The molecule has 0 aromatic heterocycles. The lowest BCUT2D eigenvalue weighted by molar-refractivity contribution is 0.254. The van der Waals surface area contributed by atoms with Crippen LogP contribution in [0.5, 0.6) is 0 Å². The van der Waals surface area contributed by atoms with E-state index in [2.05, 4.69) is 33.0 Å². The second-order valence-corrected chi connectivity index (χ2v) is 6.09. The minimum atomic E-state index is 0.784. The number of hydrogen-bond donors (Lipinski definition) is 1. The Morgan fingerprint density at radius 3 is 2.41 bits per heavy atom. The SMILES string of the molecule is CCCNC(C(C)CCC)C1CCC(CC)C1. The van der Waals surface area contributed by atoms with Crippen LogP contribution in [0.1, 0.15) is 72.6 Å². The van der Waals surface area contributed by atoms with E-state index in [1.807, 2.05) is 0 Å². The number of rotatable bonds is 8. The summed E-state index contributed by atoms with van der Waals surface area (Å²) in [6, 6.07) is 0.784. The van der Waals surface area contributed by atoms with Crippen LogP contribution in [0, 0.1) is 17.8 Å². The topological polar surface area (TPSA) is 12.0 Å². The Hall–Kier alpha value is -0.0400. The molecule has 1 N–H and O–H groups in total. The maximum Gasteiger partial charge on any atom is 0.0121 e. The van der Waals surface area contributed by atoms with Crippen molar-refractivity contribution in [2.75, 3.05) is 6.54 Å². The van der Waals surface area contributed by atoms with Crippen molar-refractivity contribution in [2.24, 2.45) is 17.8 Å². The Morgan fingerprint density at radius 2 is 1.88 bits per heavy atom. The quantitative estimate of drug-likeness (QED) is 0.652. The van der Waals surface area contributed by atoms with Gasteiger partial charge in [0, 0.05) is 6.04 Å². The van der Waals surface area contributed by atoms with Crippen molar-refractivity contribution in [3.05, 3.63) is 0 Å². The fourth-order valence-corrected chi connectivity index (χ4v) is 3.59. The van der Waals surface area contributed by atoms with Gasteiger partial charge in [-0.15, -0.1) is 0 Å². The molecular formula is C16H33N. The highest BCUT2D eigenvalue weighted by Gasteiger charge is 2.32. The van der Waals surface area contributed by atoms with Gasteiger partial charge in [0.05, 0.1) is 0 Å². The smallest absolute Gasteiger partial charge is 0.0121 e. The molecule has 0 bridgehead atoms. The molecule has 0 aromatic carbocycles. The zero-order valence-corrected chi connectivity index (χ0v) is 12.5. The summed E-state index contributed by atoms with van der Waals surface area (Å²) < 4.78 is 0. The molecule has 4 atom stereocenters. The van der Waals surface area contributed by atoms with Gasteiger partial charge in [0.15, 0.2) is 0 Å². The molecule has 0 heterocycles. The van der Waals surface area contributed by atoms with Crippen molar-refractivity contribution in [1.82, 2.24) is 5.32 Å².